The molecule has 0 spiro atoms. The summed E-state index contributed by atoms with van der Waals surface area (Å²) < 4.78 is 27.6. The van der Waals surface area contributed by atoms with E-state index in [1.165, 1.54) is 11.3 Å². The maximum atomic E-state index is 12.3. The lowest BCUT2D eigenvalue weighted by Gasteiger charge is -2.33. The maximum Gasteiger partial charge on any atom is 0.241 e. The summed E-state index contributed by atoms with van der Waals surface area (Å²) in [4.78, 5) is 1.67. The van der Waals surface area contributed by atoms with E-state index in [0.29, 0.717) is 10.9 Å². The molecule has 1 saturated carbocycles. The highest BCUT2D eigenvalue weighted by atomic mass is 32.2. The standard InChI is InChI=1S/C14H22N2O2S/c1-16(2)14-11-7-6-10-13(14)15-19(17,18)12-8-4-3-5-9-12/h3-5,8-9,13-15H,6-7,10-11H2,1-2H3/p+1/t13-,14-/m1/s1. The zero-order valence-corrected chi connectivity index (χ0v) is 12.4. The van der Waals surface area contributed by atoms with Gasteiger partial charge in [0.2, 0.25) is 10.0 Å². The van der Waals surface area contributed by atoms with Gasteiger partial charge in [-0.2, -0.15) is 0 Å². The number of sulfonamides is 1. The summed E-state index contributed by atoms with van der Waals surface area (Å²) in [6, 6.07) is 9.03. The van der Waals surface area contributed by atoms with E-state index in [4.69, 9.17) is 0 Å². The Morgan fingerprint density at radius 3 is 2.37 bits per heavy atom. The Labute approximate surface area is 115 Å². The van der Waals surface area contributed by atoms with E-state index < -0.39 is 10.0 Å². The van der Waals surface area contributed by atoms with E-state index in [1.54, 1.807) is 24.3 Å². The average molecular weight is 283 g/mol. The van der Waals surface area contributed by atoms with E-state index in [0.717, 1.165) is 19.3 Å². The molecule has 4 nitrogen and oxygen atoms in total. The zero-order chi connectivity index (χ0) is 13.9. The molecule has 1 aromatic rings. The van der Waals surface area contributed by atoms with Gasteiger partial charge in [-0.05, 0) is 25.0 Å². The molecule has 0 aliphatic heterocycles. The number of benzene rings is 1. The molecule has 2 rings (SSSR count). The molecular formula is C14H23N2O2S+. The smallest absolute Gasteiger partial charge is 0.241 e. The number of hydrogen-bond donors (Lipinski definition) is 2. The van der Waals surface area contributed by atoms with Crippen LogP contribution in [-0.2, 0) is 10.0 Å². The van der Waals surface area contributed by atoms with Crippen LogP contribution in [0.3, 0.4) is 0 Å². The lowest BCUT2D eigenvalue weighted by atomic mass is 9.90. The molecule has 0 radical (unpaired) electrons. The van der Waals surface area contributed by atoms with Gasteiger partial charge in [0.05, 0.1) is 25.0 Å². The Hall–Kier alpha value is -0.910. The molecule has 0 saturated heterocycles. The topological polar surface area (TPSA) is 50.6 Å². The second-order valence-electron chi connectivity index (χ2n) is 5.51. The molecule has 0 aromatic heterocycles. The molecular weight excluding hydrogens is 260 g/mol. The van der Waals surface area contributed by atoms with Crippen LogP contribution in [0.2, 0.25) is 0 Å². The summed E-state index contributed by atoms with van der Waals surface area (Å²) in [5, 5.41) is 0. The molecule has 0 heterocycles. The van der Waals surface area contributed by atoms with Gasteiger partial charge < -0.3 is 4.90 Å². The molecule has 106 valence electrons. The summed E-state index contributed by atoms with van der Waals surface area (Å²) in [7, 11) is 0.804. The first-order valence-electron chi connectivity index (χ1n) is 6.88. The predicted octanol–water partition coefficient (Wildman–Crippen LogP) is 0.421. The minimum absolute atomic E-state index is 0.0453. The number of hydrogen-bond acceptors (Lipinski definition) is 2. The third kappa shape index (κ3) is 3.55. The van der Waals surface area contributed by atoms with E-state index >= 15 is 0 Å². The molecule has 1 fully saturated rings. The van der Waals surface area contributed by atoms with E-state index in [1.807, 2.05) is 6.07 Å². The molecule has 1 aliphatic carbocycles. The molecule has 19 heavy (non-hydrogen) atoms. The van der Waals surface area contributed by atoms with Crippen LogP contribution in [0.25, 0.3) is 0 Å². The fourth-order valence-corrected chi connectivity index (χ4v) is 4.16. The molecule has 5 heteroatoms. The van der Waals surface area contributed by atoms with Gasteiger partial charge in [0.15, 0.2) is 0 Å². The normalized spacial score (nSPS) is 24.6. The summed E-state index contributed by atoms with van der Waals surface area (Å²) >= 11 is 0. The van der Waals surface area contributed by atoms with Crippen molar-refractivity contribution in [3.63, 3.8) is 0 Å². The monoisotopic (exact) mass is 283 g/mol. The Morgan fingerprint density at radius 2 is 1.74 bits per heavy atom. The van der Waals surface area contributed by atoms with Crippen molar-refractivity contribution in [3.8, 4) is 0 Å². The van der Waals surface area contributed by atoms with Crippen molar-refractivity contribution >= 4 is 10.0 Å². The van der Waals surface area contributed by atoms with E-state index in [2.05, 4.69) is 18.8 Å². The van der Waals surface area contributed by atoms with Gasteiger partial charge in [-0.3, -0.25) is 0 Å². The molecule has 0 amide bonds. The molecule has 0 bridgehead atoms. The van der Waals surface area contributed by atoms with Crippen molar-refractivity contribution in [1.82, 2.24) is 4.72 Å². The Bertz CT molecular complexity index is 499. The lowest BCUT2D eigenvalue weighted by Crippen LogP contribution is -3.12. The minimum Gasteiger partial charge on any atom is -0.336 e. The molecule has 1 aliphatic rings. The lowest BCUT2D eigenvalue weighted by molar-refractivity contribution is -0.888. The number of quaternary nitrogens is 1. The van der Waals surface area contributed by atoms with Crippen molar-refractivity contribution in [2.24, 2.45) is 0 Å². The highest BCUT2D eigenvalue weighted by Gasteiger charge is 2.33. The summed E-state index contributed by atoms with van der Waals surface area (Å²) in [5.74, 6) is 0. The predicted molar refractivity (Wildman–Crippen MR) is 75.6 cm³/mol. The van der Waals surface area contributed by atoms with Crippen LogP contribution >= 0.6 is 0 Å². The van der Waals surface area contributed by atoms with Crippen LogP contribution in [-0.4, -0.2) is 34.6 Å². The van der Waals surface area contributed by atoms with Gasteiger partial charge >= 0.3 is 0 Å². The average Bonchev–Trinajstić information content (AvgIpc) is 2.39. The minimum atomic E-state index is -3.39. The highest BCUT2D eigenvalue weighted by molar-refractivity contribution is 7.89. The van der Waals surface area contributed by atoms with Gasteiger partial charge in [0.1, 0.15) is 6.04 Å². The van der Waals surface area contributed by atoms with Crippen molar-refractivity contribution in [2.45, 2.75) is 42.7 Å². The Balaban J connectivity index is 2.15. The third-order valence-electron chi connectivity index (χ3n) is 3.87. The first kappa shape index (κ1) is 14.5. The largest absolute Gasteiger partial charge is 0.336 e. The summed E-state index contributed by atoms with van der Waals surface area (Å²) in [5.41, 5.74) is 0. The molecule has 1 aromatic carbocycles. The van der Waals surface area contributed by atoms with Crippen molar-refractivity contribution in [3.05, 3.63) is 30.3 Å². The quantitative estimate of drug-likeness (QED) is 0.841. The van der Waals surface area contributed by atoms with E-state index in [9.17, 15) is 8.42 Å². The van der Waals surface area contributed by atoms with E-state index in [-0.39, 0.29) is 6.04 Å². The highest BCUT2D eigenvalue weighted by Crippen LogP contribution is 2.19. The first-order valence-corrected chi connectivity index (χ1v) is 8.36. The number of nitrogens with one attached hydrogen (secondary N) is 2. The van der Waals surface area contributed by atoms with Crippen molar-refractivity contribution in [1.29, 1.82) is 0 Å². The second kappa shape index (κ2) is 6.03. The fourth-order valence-electron chi connectivity index (χ4n) is 2.83. The van der Waals surface area contributed by atoms with Crippen molar-refractivity contribution < 1.29 is 13.3 Å². The molecule has 0 unspecified atom stereocenters. The Morgan fingerprint density at radius 1 is 1.11 bits per heavy atom. The van der Waals surface area contributed by atoms with Gasteiger partial charge in [0, 0.05) is 6.42 Å². The SMILES string of the molecule is C[NH+](C)[C@@H]1CCCC[C@H]1NS(=O)(=O)c1ccccc1. The first-order chi connectivity index (χ1) is 9.00. The second-order valence-corrected chi connectivity index (χ2v) is 7.22. The third-order valence-corrected chi connectivity index (χ3v) is 5.37. The molecule has 2 N–H and O–H groups in total. The van der Waals surface area contributed by atoms with Gasteiger partial charge in [0.25, 0.3) is 0 Å². The number of likely N-dealkylation sites (N-methyl/N-ethyl adjacent to an activating group) is 1. The van der Waals surface area contributed by atoms with Gasteiger partial charge in [-0.15, -0.1) is 0 Å². The maximum absolute atomic E-state index is 12.3. The van der Waals surface area contributed by atoms with Gasteiger partial charge in [-0.1, -0.05) is 24.6 Å². The Kier molecular flexibility index (Phi) is 4.60. The number of rotatable bonds is 4. The van der Waals surface area contributed by atoms with Crippen LogP contribution in [0.1, 0.15) is 25.7 Å². The van der Waals surface area contributed by atoms with Crippen LogP contribution < -0.4 is 9.62 Å². The summed E-state index contributed by atoms with van der Waals surface area (Å²) in [6.07, 6.45) is 4.32. The van der Waals surface area contributed by atoms with Crippen molar-refractivity contribution in [2.75, 3.05) is 14.1 Å². The summed E-state index contributed by atoms with van der Waals surface area (Å²) in [6.45, 7) is 0. The van der Waals surface area contributed by atoms with Crippen LogP contribution in [0, 0.1) is 0 Å². The van der Waals surface area contributed by atoms with Crippen LogP contribution in [0.4, 0.5) is 0 Å². The zero-order valence-electron chi connectivity index (χ0n) is 11.6. The van der Waals surface area contributed by atoms with Gasteiger partial charge in [-0.25, -0.2) is 13.1 Å². The fraction of sp³-hybridized carbons (Fsp3) is 0.571. The van der Waals surface area contributed by atoms with Crippen LogP contribution in [0.5, 0.6) is 0 Å². The molecule has 2 atom stereocenters. The van der Waals surface area contributed by atoms with Crippen LogP contribution in [0.15, 0.2) is 35.2 Å².